The number of likely N-dealkylation sites (N-methyl/N-ethyl adjacent to an activating group) is 1. The fourth-order valence-corrected chi connectivity index (χ4v) is 1.61. The maximum atomic E-state index is 5.54. The van der Waals surface area contributed by atoms with Crippen LogP contribution in [0.15, 0.2) is 12.1 Å². The molecule has 0 amide bonds. The predicted octanol–water partition coefficient (Wildman–Crippen LogP) is 1.11. The van der Waals surface area contributed by atoms with Crippen molar-refractivity contribution in [1.29, 1.82) is 0 Å². The molecule has 0 radical (unpaired) electrons. The SMILES string of the molecule is COc1cc(N(C)CCN)cc(OC)c1OC. The van der Waals surface area contributed by atoms with Crippen LogP contribution in [-0.2, 0) is 0 Å². The van der Waals surface area contributed by atoms with E-state index in [1.165, 1.54) is 0 Å². The van der Waals surface area contributed by atoms with Crippen LogP contribution in [0.4, 0.5) is 5.69 Å². The third-order valence-corrected chi connectivity index (χ3v) is 2.55. The highest BCUT2D eigenvalue weighted by molar-refractivity contribution is 5.63. The van der Waals surface area contributed by atoms with E-state index in [9.17, 15) is 0 Å². The van der Waals surface area contributed by atoms with Gasteiger partial charge in [0.2, 0.25) is 5.75 Å². The lowest BCUT2D eigenvalue weighted by Gasteiger charge is -2.21. The lowest BCUT2D eigenvalue weighted by molar-refractivity contribution is 0.324. The molecule has 1 rings (SSSR count). The average molecular weight is 240 g/mol. The molecule has 0 fully saturated rings. The largest absolute Gasteiger partial charge is 0.493 e. The number of hydrogen-bond acceptors (Lipinski definition) is 5. The topological polar surface area (TPSA) is 57.0 Å². The van der Waals surface area contributed by atoms with Crippen LogP contribution in [0.2, 0.25) is 0 Å². The van der Waals surface area contributed by atoms with Crippen LogP contribution < -0.4 is 24.8 Å². The van der Waals surface area contributed by atoms with Gasteiger partial charge in [0.1, 0.15) is 0 Å². The zero-order valence-electron chi connectivity index (χ0n) is 10.8. The summed E-state index contributed by atoms with van der Waals surface area (Å²) in [5.41, 5.74) is 6.51. The average Bonchev–Trinajstić information content (AvgIpc) is 2.37. The number of hydrogen-bond donors (Lipinski definition) is 1. The summed E-state index contributed by atoms with van der Waals surface area (Å²) < 4.78 is 15.8. The van der Waals surface area contributed by atoms with Crippen molar-refractivity contribution in [2.24, 2.45) is 5.73 Å². The van der Waals surface area contributed by atoms with Crippen LogP contribution in [0.25, 0.3) is 0 Å². The van der Waals surface area contributed by atoms with E-state index in [1.807, 2.05) is 24.1 Å². The van der Waals surface area contributed by atoms with E-state index in [4.69, 9.17) is 19.9 Å². The zero-order chi connectivity index (χ0) is 12.8. The quantitative estimate of drug-likeness (QED) is 0.807. The van der Waals surface area contributed by atoms with Gasteiger partial charge in [0.15, 0.2) is 11.5 Å². The Kier molecular flexibility index (Phi) is 4.90. The van der Waals surface area contributed by atoms with Gasteiger partial charge in [0, 0.05) is 38.0 Å². The summed E-state index contributed by atoms with van der Waals surface area (Å²) in [7, 11) is 6.76. The molecule has 0 heterocycles. The number of ether oxygens (including phenoxy) is 3. The molecule has 0 saturated carbocycles. The highest BCUT2D eigenvalue weighted by Crippen LogP contribution is 2.40. The number of nitrogens with zero attached hydrogens (tertiary/aromatic N) is 1. The van der Waals surface area contributed by atoms with Crippen LogP contribution in [0.1, 0.15) is 0 Å². The molecule has 0 saturated heterocycles. The van der Waals surface area contributed by atoms with E-state index >= 15 is 0 Å². The molecule has 0 spiro atoms. The van der Waals surface area contributed by atoms with Crippen LogP contribution in [0.5, 0.6) is 17.2 Å². The van der Waals surface area contributed by atoms with E-state index in [0.717, 1.165) is 12.2 Å². The van der Waals surface area contributed by atoms with Crippen LogP contribution >= 0.6 is 0 Å². The monoisotopic (exact) mass is 240 g/mol. The number of nitrogens with two attached hydrogens (primary N) is 1. The Morgan fingerprint density at radius 2 is 1.59 bits per heavy atom. The molecule has 0 bridgehead atoms. The first kappa shape index (κ1) is 13.4. The van der Waals surface area contributed by atoms with E-state index in [0.29, 0.717) is 23.8 Å². The third-order valence-electron chi connectivity index (χ3n) is 2.55. The lowest BCUT2D eigenvalue weighted by atomic mass is 10.2. The molecule has 17 heavy (non-hydrogen) atoms. The maximum absolute atomic E-state index is 5.54. The summed E-state index contributed by atoms with van der Waals surface area (Å²) in [5, 5.41) is 0. The van der Waals surface area contributed by atoms with Crippen molar-refractivity contribution in [2.75, 3.05) is 46.4 Å². The fourth-order valence-electron chi connectivity index (χ4n) is 1.61. The van der Waals surface area contributed by atoms with Gasteiger partial charge in [-0.05, 0) is 0 Å². The van der Waals surface area contributed by atoms with Gasteiger partial charge in [-0.15, -0.1) is 0 Å². The van der Waals surface area contributed by atoms with Gasteiger partial charge in [0.25, 0.3) is 0 Å². The minimum atomic E-state index is 0.590. The number of rotatable bonds is 6. The van der Waals surface area contributed by atoms with E-state index in [1.54, 1.807) is 21.3 Å². The van der Waals surface area contributed by atoms with Crippen LogP contribution in [-0.4, -0.2) is 41.5 Å². The number of methoxy groups -OCH3 is 3. The molecule has 0 aliphatic carbocycles. The molecule has 1 aromatic carbocycles. The normalized spacial score (nSPS) is 9.94. The standard InChI is InChI=1S/C12H20N2O3/c1-14(6-5-13)9-7-10(15-2)12(17-4)11(8-9)16-3/h7-8H,5-6,13H2,1-4H3. The van der Waals surface area contributed by atoms with Gasteiger partial charge in [0.05, 0.1) is 21.3 Å². The molecular formula is C12H20N2O3. The van der Waals surface area contributed by atoms with Crippen LogP contribution in [0, 0.1) is 0 Å². The molecule has 0 aliphatic heterocycles. The van der Waals surface area contributed by atoms with Gasteiger partial charge < -0.3 is 24.8 Å². The summed E-state index contributed by atoms with van der Waals surface area (Å²) in [5.74, 6) is 1.89. The highest BCUT2D eigenvalue weighted by Gasteiger charge is 2.14. The predicted molar refractivity (Wildman–Crippen MR) is 68.4 cm³/mol. The van der Waals surface area contributed by atoms with Crippen molar-refractivity contribution in [3.05, 3.63) is 12.1 Å². The second-order valence-electron chi connectivity index (χ2n) is 3.59. The van der Waals surface area contributed by atoms with Gasteiger partial charge >= 0.3 is 0 Å². The van der Waals surface area contributed by atoms with Crippen molar-refractivity contribution in [3.63, 3.8) is 0 Å². The van der Waals surface area contributed by atoms with Crippen LogP contribution in [0.3, 0.4) is 0 Å². The molecule has 0 aromatic heterocycles. The second kappa shape index (κ2) is 6.20. The molecule has 0 atom stereocenters. The molecule has 1 aromatic rings. The van der Waals surface area contributed by atoms with Gasteiger partial charge in [-0.3, -0.25) is 0 Å². The fraction of sp³-hybridized carbons (Fsp3) is 0.500. The molecule has 0 aliphatic rings. The van der Waals surface area contributed by atoms with Crippen molar-refractivity contribution in [3.8, 4) is 17.2 Å². The number of anilines is 1. The summed E-state index contributed by atoms with van der Waals surface area (Å²) in [6.45, 7) is 1.35. The van der Waals surface area contributed by atoms with Crippen molar-refractivity contribution < 1.29 is 14.2 Å². The zero-order valence-corrected chi connectivity index (χ0v) is 10.8. The first-order chi connectivity index (χ1) is 8.17. The van der Waals surface area contributed by atoms with Gasteiger partial charge in [-0.2, -0.15) is 0 Å². The number of benzene rings is 1. The Balaban J connectivity index is 3.17. The van der Waals surface area contributed by atoms with Gasteiger partial charge in [-0.1, -0.05) is 0 Å². The Morgan fingerprint density at radius 3 is 1.94 bits per heavy atom. The molecule has 2 N–H and O–H groups in total. The minimum absolute atomic E-state index is 0.590. The molecule has 5 heteroatoms. The Hall–Kier alpha value is -1.62. The van der Waals surface area contributed by atoms with E-state index in [-0.39, 0.29) is 0 Å². The maximum Gasteiger partial charge on any atom is 0.203 e. The van der Waals surface area contributed by atoms with E-state index < -0.39 is 0 Å². The molecular weight excluding hydrogens is 220 g/mol. The summed E-state index contributed by atoms with van der Waals surface area (Å²) >= 11 is 0. The lowest BCUT2D eigenvalue weighted by Crippen LogP contribution is -2.25. The first-order valence-electron chi connectivity index (χ1n) is 5.39. The Bertz CT molecular complexity index is 344. The highest BCUT2D eigenvalue weighted by atomic mass is 16.5. The van der Waals surface area contributed by atoms with Crippen molar-refractivity contribution >= 4 is 5.69 Å². The summed E-state index contributed by atoms with van der Waals surface area (Å²) in [6, 6.07) is 3.80. The van der Waals surface area contributed by atoms with Gasteiger partial charge in [-0.25, -0.2) is 0 Å². The Labute approximate surface area is 102 Å². The van der Waals surface area contributed by atoms with Crippen molar-refractivity contribution in [1.82, 2.24) is 0 Å². The molecule has 0 unspecified atom stereocenters. The van der Waals surface area contributed by atoms with Crippen molar-refractivity contribution in [2.45, 2.75) is 0 Å². The minimum Gasteiger partial charge on any atom is -0.493 e. The smallest absolute Gasteiger partial charge is 0.203 e. The molecule has 5 nitrogen and oxygen atoms in total. The molecule has 96 valence electrons. The first-order valence-corrected chi connectivity index (χ1v) is 5.39. The second-order valence-corrected chi connectivity index (χ2v) is 3.59. The third kappa shape index (κ3) is 2.94. The van der Waals surface area contributed by atoms with E-state index in [2.05, 4.69) is 0 Å². The summed E-state index contributed by atoms with van der Waals surface area (Å²) in [4.78, 5) is 2.03. The summed E-state index contributed by atoms with van der Waals surface area (Å²) in [6.07, 6.45) is 0. The Morgan fingerprint density at radius 1 is 1.06 bits per heavy atom.